The van der Waals surface area contributed by atoms with Gasteiger partial charge in [0.25, 0.3) is 5.91 Å². The van der Waals surface area contributed by atoms with Crippen molar-refractivity contribution in [3.63, 3.8) is 0 Å². The number of amides is 2. The summed E-state index contributed by atoms with van der Waals surface area (Å²) in [7, 11) is 1.75. The van der Waals surface area contributed by atoms with Gasteiger partial charge >= 0.3 is 0 Å². The third-order valence-electron chi connectivity index (χ3n) is 4.66. The number of aryl methyl sites for hydroxylation is 2. The van der Waals surface area contributed by atoms with Gasteiger partial charge in [0.15, 0.2) is 0 Å². The summed E-state index contributed by atoms with van der Waals surface area (Å²) in [5.41, 5.74) is 1.34. The number of aromatic nitrogens is 2. The molecule has 24 heavy (non-hydrogen) atoms. The van der Waals surface area contributed by atoms with Crippen molar-refractivity contribution < 1.29 is 14.3 Å². The van der Waals surface area contributed by atoms with Crippen LogP contribution in [0.1, 0.15) is 22.6 Å². The Morgan fingerprint density at radius 1 is 1.38 bits per heavy atom. The zero-order valence-electron chi connectivity index (χ0n) is 14.3. The topological polar surface area (TPSA) is 79.7 Å². The second-order valence-corrected chi connectivity index (χ2v) is 6.33. The SMILES string of the molecule is Cc1cc(C(=O)NCCN2CCC(N3CCOCC3)C2=O)n(C)n1. The Morgan fingerprint density at radius 3 is 2.79 bits per heavy atom. The van der Waals surface area contributed by atoms with Gasteiger partial charge in [0.1, 0.15) is 5.69 Å². The first kappa shape index (κ1) is 16.9. The quantitative estimate of drug-likeness (QED) is 0.777. The van der Waals surface area contributed by atoms with E-state index in [1.54, 1.807) is 17.8 Å². The molecule has 1 N–H and O–H groups in total. The molecule has 3 rings (SSSR count). The molecular formula is C16H25N5O3. The molecule has 0 aromatic carbocycles. The standard InChI is InChI=1S/C16H25N5O3/c1-12-11-14(19(2)18-12)15(22)17-4-6-21-5-3-13(16(21)23)20-7-9-24-10-8-20/h11,13H,3-10H2,1-2H3,(H,17,22). The predicted molar refractivity (Wildman–Crippen MR) is 87.7 cm³/mol. The van der Waals surface area contributed by atoms with Crippen LogP contribution in [0.2, 0.25) is 0 Å². The van der Waals surface area contributed by atoms with Gasteiger partial charge in [-0.2, -0.15) is 5.10 Å². The van der Waals surface area contributed by atoms with Gasteiger partial charge in [-0.1, -0.05) is 0 Å². The van der Waals surface area contributed by atoms with Gasteiger partial charge in [-0.05, 0) is 19.4 Å². The van der Waals surface area contributed by atoms with E-state index < -0.39 is 0 Å². The fraction of sp³-hybridized carbons (Fsp3) is 0.688. The van der Waals surface area contributed by atoms with Crippen LogP contribution < -0.4 is 5.32 Å². The molecule has 2 aliphatic heterocycles. The Kier molecular flexibility index (Phi) is 5.15. The third kappa shape index (κ3) is 3.59. The Hall–Kier alpha value is -1.93. The van der Waals surface area contributed by atoms with E-state index in [9.17, 15) is 9.59 Å². The average Bonchev–Trinajstić information content (AvgIpc) is 3.10. The van der Waals surface area contributed by atoms with Gasteiger partial charge in [0, 0.05) is 39.8 Å². The largest absolute Gasteiger partial charge is 0.379 e. The van der Waals surface area contributed by atoms with Crippen LogP contribution in [-0.4, -0.2) is 83.4 Å². The highest BCUT2D eigenvalue weighted by Gasteiger charge is 2.36. The van der Waals surface area contributed by atoms with Gasteiger partial charge in [-0.25, -0.2) is 0 Å². The van der Waals surface area contributed by atoms with E-state index in [4.69, 9.17) is 4.74 Å². The van der Waals surface area contributed by atoms with Crippen molar-refractivity contribution in [2.45, 2.75) is 19.4 Å². The van der Waals surface area contributed by atoms with E-state index in [0.29, 0.717) is 32.0 Å². The summed E-state index contributed by atoms with van der Waals surface area (Å²) in [5, 5.41) is 7.03. The van der Waals surface area contributed by atoms with Crippen molar-refractivity contribution >= 4 is 11.8 Å². The van der Waals surface area contributed by atoms with Gasteiger partial charge < -0.3 is 15.0 Å². The Labute approximate surface area is 141 Å². The molecule has 1 atom stereocenters. The minimum atomic E-state index is -0.158. The van der Waals surface area contributed by atoms with Crippen LogP contribution in [0.25, 0.3) is 0 Å². The van der Waals surface area contributed by atoms with Crippen molar-refractivity contribution in [3.05, 3.63) is 17.5 Å². The summed E-state index contributed by atoms with van der Waals surface area (Å²) >= 11 is 0. The Bertz CT molecular complexity index is 609. The lowest BCUT2D eigenvalue weighted by Crippen LogP contribution is -2.48. The second-order valence-electron chi connectivity index (χ2n) is 6.33. The molecule has 2 amide bonds. The van der Waals surface area contributed by atoms with Crippen LogP contribution in [0.15, 0.2) is 6.07 Å². The number of carbonyl (C=O) groups excluding carboxylic acids is 2. The van der Waals surface area contributed by atoms with E-state index >= 15 is 0 Å². The first-order valence-corrected chi connectivity index (χ1v) is 8.45. The van der Waals surface area contributed by atoms with Crippen molar-refractivity contribution in [1.82, 2.24) is 24.9 Å². The molecular weight excluding hydrogens is 310 g/mol. The smallest absolute Gasteiger partial charge is 0.269 e. The minimum absolute atomic E-state index is 0.0238. The normalized spacial score (nSPS) is 22.2. The Balaban J connectivity index is 1.46. The van der Waals surface area contributed by atoms with Crippen LogP contribution in [-0.2, 0) is 16.6 Å². The molecule has 2 aliphatic rings. The number of nitrogens with zero attached hydrogens (tertiary/aromatic N) is 4. The maximum absolute atomic E-state index is 12.5. The molecule has 132 valence electrons. The molecule has 0 saturated carbocycles. The van der Waals surface area contributed by atoms with E-state index in [2.05, 4.69) is 15.3 Å². The van der Waals surface area contributed by atoms with Gasteiger partial charge in [-0.15, -0.1) is 0 Å². The third-order valence-corrected chi connectivity index (χ3v) is 4.66. The first-order valence-electron chi connectivity index (χ1n) is 8.45. The van der Waals surface area contributed by atoms with Crippen molar-refractivity contribution in [2.24, 2.45) is 7.05 Å². The lowest BCUT2D eigenvalue weighted by molar-refractivity contribution is -0.133. The molecule has 1 aromatic rings. The van der Waals surface area contributed by atoms with Crippen molar-refractivity contribution in [3.8, 4) is 0 Å². The summed E-state index contributed by atoms with van der Waals surface area (Å²) in [5.74, 6) is 0.0111. The van der Waals surface area contributed by atoms with Crippen LogP contribution >= 0.6 is 0 Å². The number of rotatable bonds is 5. The molecule has 8 nitrogen and oxygen atoms in total. The maximum Gasteiger partial charge on any atom is 0.269 e. The lowest BCUT2D eigenvalue weighted by atomic mass is 10.2. The van der Waals surface area contributed by atoms with E-state index in [-0.39, 0.29) is 17.9 Å². The van der Waals surface area contributed by atoms with Crippen LogP contribution in [0, 0.1) is 6.92 Å². The number of likely N-dealkylation sites (tertiary alicyclic amines) is 1. The molecule has 0 radical (unpaired) electrons. The molecule has 0 spiro atoms. The second kappa shape index (κ2) is 7.31. The summed E-state index contributed by atoms with van der Waals surface area (Å²) < 4.78 is 6.91. The van der Waals surface area contributed by atoms with Crippen molar-refractivity contribution in [2.75, 3.05) is 45.9 Å². The van der Waals surface area contributed by atoms with E-state index in [0.717, 1.165) is 31.7 Å². The molecule has 2 fully saturated rings. The zero-order chi connectivity index (χ0) is 17.1. The van der Waals surface area contributed by atoms with Crippen LogP contribution in [0.3, 0.4) is 0 Å². The van der Waals surface area contributed by atoms with Gasteiger partial charge in [-0.3, -0.25) is 19.2 Å². The Morgan fingerprint density at radius 2 is 2.12 bits per heavy atom. The first-order chi connectivity index (χ1) is 11.6. The average molecular weight is 335 g/mol. The summed E-state index contributed by atoms with van der Waals surface area (Å²) in [6, 6.07) is 1.73. The number of carbonyl (C=O) groups is 2. The van der Waals surface area contributed by atoms with E-state index in [1.807, 2.05) is 11.8 Å². The van der Waals surface area contributed by atoms with Crippen molar-refractivity contribution in [1.29, 1.82) is 0 Å². The summed E-state index contributed by atoms with van der Waals surface area (Å²) in [6.07, 6.45) is 0.855. The minimum Gasteiger partial charge on any atom is -0.379 e. The number of nitrogens with one attached hydrogen (secondary N) is 1. The maximum atomic E-state index is 12.5. The fourth-order valence-electron chi connectivity index (χ4n) is 3.39. The number of hydrogen-bond acceptors (Lipinski definition) is 5. The fourth-order valence-corrected chi connectivity index (χ4v) is 3.39. The highest BCUT2D eigenvalue weighted by atomic mass is 16.5. The highest BCUT2D eigenvalue weighted by molar-refractivity contribution is 5.92. The predicted octanol–water partition coefficient (Wildman–Crippen LogP) is -0.609. The molecule has 1 unspecified atom stereocenters. The zero-order valence-corrected chi connectivity index (χ0v) is 14.3. The van der Waals surface area contributed by atoms with Crippen LogP contribution in [0.5, 0.6) is 0 Å². The van der Waals surface area contributed by atoms with Gasteiger partial charge in [0.05, 0.1) is 24.9 Å². The number of morpholine rings is 1. The van der Waals surface area contributed by atoms with Gasteiger partial charge in [0.2, 0.25) is 5.91 Å². The molecule has 0 bridgehead atoms. The highest BCUT2D eigenvalue weighted by Crippen LogP contribution is 2.18. The monoisotopic (exact) mass is 335 g/mol. The lowest BCUT2D eigenvalue weighted by Gasteiger charge is -2.31. The molecule has 8 heteroatoms. The van der Waals surface area contributed by atoms with Crippen LogP contribution in [0.4, 0.5) is 0 Å². The summed E-state index contributed by atoms with van der Waals surface area (Å²) in [6.45, 7) is 6.63. The molecule has 0 aliphatic carbocycles. The molecule has 1 aromatic heterocycles. The number of ether oxygens (including phenoxy) is 1. The van der Waals surface area contributed by atoms with E-state index in [1.165, 1.54) is 0 Å². The summed E-state index contributed by atoms with van der Waals surface area (Å²) in [4.78, 5) is 28.7. The number of hydrogen-bond donors (Lipinski definition) is 1. The molecule has 3 heterocycles. The molecule has 2 saturated heterocycles.